The number of hydrogen-bond acceptors (Lipinski definition) is 3. The second-order valence-corrected chi connectivity index (χ2v) is 3.59. The predicted octanol–water partition coefficient (Wildman–Crippen LogP) is 0.924. The number of hydrogen-bond donors (Lipinski definition) is 3. The number of rotatable bonds is 5. The fraction of sp³-hybridized carbons (Fsp3) is 0.333. The van der Waals surface area contributed by atoms with Crippen LogP contribution < -0.4 is 16.4 Å². The summed E-state index contributed by atoms with van der Waals surface area (Å²) in [6, 6.07) is 7.60. The van der Waals surface area contributed by atoms with Crippen molar-refractivity contribution in [1.82, 2.24) is 5.32 Å². The van der Waals surface area contributed by atoms with Crippen LogP contribution in [-0.2, 0) is 16.1 Å². The number of para-hydroxylation sites is 1. The number of likely N-dealkylation sites (N-methyl/N-ethyl adjacent to an activating group) is 1. The Morgan fingerprint density at radius 2 is 2.11 bits per heavy atom. The minimum Gasteiger partial charge on any atom is -0.380 e. The van der Waals surface area contributed by atoms with Crippen molar-refractivity contribution in [2.75, 3.05) is 26.0 Å². The maximum absolute atomic E-state index is 11.0. The van der Waals surface area contributed by atoms with Crippen LogP contribution in [0.2, 0.25) is 0 Å². The molecule has 1 aromatic rings. The molecule has 0 heterocycles. The average Bonchev–Trinajstić information content (AvgIpc) is 2.38. The number of amides is 1. The lowest BCUT2D eigenvalue weighted by Crippen LogP contribution is -2.27. The van der Waals surface area contributed by atoms with E-state index in [2.05, 4.69) is 15.6 Å². The minimum absolute atomic E-state index is 0. The van der Waals surface area contributed by atoms with Gasteiger partial charge in [0.2, 0.25) is 5.91 Å². The smallest absolute Gasteiger partial charge is 0.241 e. The number of halogens is 1. The van der Waals surface area contributed by atoms with Crippen LogP contribution in [0.3, 0.4) is 0 Å². The zero-order valence-corrected chi connectivity index (χ0v) is 13.3. The molecule has 0 aliphatic heterocycles. The summed E-state index contributed by atoms with van der Waals surface area (Å²) < 4.78 is 5.08. The monoisotopic (exact) mass is 378 g/mol. The molecule has 0 spiro atoms. The second kappa shape index (κ2) is 9.56. The molecule has 19 heavy (non-hydrogen) atoms. The topological polar surface area (TPSA) is 88.7 Å². The first-order valence-corrected chi connectivity index (χ1v) is 5.51. The summed E-state index contributed by atoms with van der Waals surface area (Å²) in [5, 5.41) is 5.41. The average molecular weight is 378 g/mol. The van der Waals surface area contributed by atoms with E-state index in [-0.39, 0.29) is 42.4 Å². The van der Waals surface area contributed by atoms with E-state index >= 15 is 0 Å². The van der Waals surface area contributed by atoms with E-state index < -0.39 is 0 Å². The SMILES string of the molecule is CNC(=O)CN=C(N)Nc1ccccc1COC.I. The molecule has 7 heteroatoms. The standard InChI is InChI=1S/C12H18N4O2.HI/c1-14-11(17)7-15-12(13)16-10-6-4-3-5-9(10)8-18-2;/h3-6H,7-8H2,1-2H3,(H,14,17)(H3,13,15,16);1H. The number of nitrogens with one attached hydrogen (secondary N) is 2. The molecule has 1 aromatic carbocycles. The number of ether oxygens (including phenoxy) is 1. The lowest BCUT2D eigenvalue weighted by atomic mass is 10.2. The number of methoxy groups -OCH3 is 1. The van der Waals surface area contributed by atoms with Gasteiger partial charge in [0.25, 0.3) is 0 Å². The summed E-state index contributed by atoms with van der Waals surface area (Å²) in [6.45, 7) is 0.480. The molecule has 0 fully saturated rings. The maximum atomic E-state index is 11.0. The van der Waals surface area contributed by atoms with Crippen LogP contribution in [0.25, 0.3) is 0 Å². The Hall–Kier alpha value is -1.35. The molecule has 106 valence electrons. The summed E-state index contributed by atoms with van der Waals surface area (Å²) in [7, 11) is 3.18. The number of guanidine groups is 1. The molecule has 0 aliphatic carbocycles. The van der Waals surface area contributed by atoms with E-state index in [0.29, 0.717) is 6.61 Å². The first-order chi connectivity index (χ1) is 8.67. The zero-order valence-electron chi connectivity index (χ0n) is 11.0. The van der Waals surface area contributed by atoms with Gasteiger partial charge in [0.1, 0.15) is 6.54 Å². The molecular formula is C12H19IN4O2. The molecule has 0 aliphatic rings. The van der Waals surface area contributed by atoms with Gasteiger partial charge >= 0.3 is 0 Å². The molecule has 0 atom stereocenters. The Morgan fingerprint density at radius 1 is 1.42 bits per heavy atom. The van der Waals surface area contributed by atoms with E-state index in [0.717, 1.165) is 11.3 Å². The van der Waals surface area contributed by atoms with Gasteiger partial charge in [0.05, 0.1) is 6.61 Å². The molecule has 0 radical (unpaired) electrons. The fourth-order valence-corrected chi connectivity index (χ4v) is 1.34. The predicted molar refractivity (Wildman–Crippen MR) is 86.7 cm³/mol. The lowest BCUT2D eigenvalue weighted by molar-refractivity contribution is -0.119. The number of nitrogens with two attached hydrogens (primary N) is 1. The number of carbonyl (C=O) groups excluding carboxylic acids is 1. The Morgan fingerprint density at radius 3 is 2.74 bits per heavy atom. The van der Waals surface area contributed by atoms with Crippen molar-refractivity contribution < 1.29 is 9.53 Å². The number of aliphatic imine (C=N–C) groups is 1. The molecule has 6 nitrogen and oxygen atoms in total. The molecule has 0 unspecified atom stereocenters. The van der Waals surface area contributed by atoms with Gasteiger partial charge < -0.3 is 21.1 Å². The van der Waals surface area contributed by atoms with Crippen molar-refractivity contribution in [1.29, 1.82) is 0 Å². The van der Waals surface area contributed by atoms with Gasteiger partial charge in [-0.15, -0.1) is 24.0 Å². The third-order valence-electron chi connectivity index (χ3n) is 2.25. The largest absolute Gasteiger partial charge is 0.380 e. The van der Waals surface area contributed by atoms with Crippen molar-refractivity contribution in [3.8, 4) is 0 Å². The Balaban J connectivity index is 0.00000324. The van der Waals surface area contributed by atoms with Crippen molar-refractivity contribution >= 4 is 41.5 Å². The fourth-order valence-electron chi connectivity index (χ4n) is 1.34. The Bertz CT molecular complexity index is 437. The van der Waals surface area contributed by atoms with E-state index in [1.807, 2.05) is 24.3 Å². The third kappa shape index (κ3) is 6.39. The highest BCUT2D eigenvalue weighted by Gasteiger charge is 2.02. The van der Waals surface area contributed by atoms with Crippen LogP contribution >= 0.6 is 24.0 Å². The number of benzene rings is 1. The summed E-state index contributed by atoms with van der Waals surface area (Å²) in [4.78, 5) is 14.9. The van der Waals surface area contributed by atoms with Crippen LogP contribution in [-0.4, -0.2) is 32.6 Å². The summed E-state index contributed by atoms with van der Waals surface area (Å²) in [5.74, 6) is 0.00656. The van der Waals surface area contributed by atoms with Crippen LogP contribution in [0.1, 0.15) is 5.56 Å². The summed E-state index contributed by atoms with van der Waals surface area (Å²) in [6.07, 6.45) is 0. The van der Waals surface area contributed by atoms with Crippen LogP contribution in [0, 0.1) is 0 Å². The van der Waals surface area contributed by atoms with E-state index in [9.17, 15) is 4.79 Å². The van der Waals surface area contributed by atoms with Crippen molar-refractivity contribution in [3.63, 3.8) is 0 Å². The normalized spacial score (nSPS) is 10.5. The van der Waals surface area contributed by atoms with Crippen LogP contribution in [0.15, 0.2) is 29.3 Å². The number of nitrogens with zero attached hydrogens (tertiary/aromatic N) is 1. The van der Waals surface area contributed by atoms with Crippen molar-refractivity contribution in [3.05, 3.63) is 29.8 Å². The molecule has 0 bridgehead atoms. The maximum Gasteiger partial charge on any atom is 0.241 e. The van der Waals surface area contributed by atoms with Gasteiger partial charge in [-0.3, -0.25) is 4.79 Å². The first kappa shape index (κ1) is 17.6. The number of anilines is 1. The van der Waals surface area contributed by atoms with Gasteiger partial charge in [0.15, 0.2) is 5.96 Å². The van der Waals surface area contributed by atoms with Gasteiger partial charge in [-0.05, 0) is 6.07 Å². The number of carbonyl (C=O) groups is 1. The van der Waals surface area contributed by atoms with Crippen molar-refractivity contribution in [2.24, 2.45) is 10.7 Å². The highest BCUT2D eigenvalue weighted by Crippen LogP contribution is 2.15. The summed E-state index contributed by atoms with van der Waals surface area (Å²) >= 11 is 0. The highest BCUT2D eigenvalue weighted by atomic mass is 127. The van der Waals surface area contributed by atoms with Gasteiger partial charge in [-0.1, -0.05) is 18.2 Å². The zero-order chi connectivity index (χ0) is 13.4. The Kier molecular flexibility index (Phi) is 8.88. The van der Waals surface area contributed by atoms with E-state index in [1.54, 1.807) is 14.2 Å². The molecule has 1 amide bonds. The van der Waals surface area contributed by atoms with Gasteiger partial charge in [-0.25, -0.2) is 4.99 Å². The molecule has 1 rings (SSSR count). The van der Waals surface area contributed by atoms with Gasteiger partial charge in [-0.2, -0.15) is 0 Å². The second-order valence-electron chi connectivity index (χ2n) is 3.59. The Labute approximate surface area is 129 Å². The van der Waals surface area contributed by atoms with E-state index in [4.69, 9.17) is 10.5 Å². The molecular weight excluding hydrogens is 359 g/mol. The van der Waals surface area contributed by atoms with Crippen LogP contribution in [0.5, 0.6) is 0 Å². The minimum atomic E-state index is -0.190. The highest BCUT2D eigenvalue weighted by molar-refractivity contribution is 14.0. The van der Waals surface area contributed by atoms with Gasteiger partial charge in [0, 0.05) is 25.4 Å². The summed E-state index contributed by atoms with van der Waals surface area (Å²) in [5.41, 5.74) is 7.48. The molecule has 4 N–H and O–H groups in total. The van der Waals surface area contributed by atoms with Crippen LogP contribution in [0.4, 0.5) is 5.69 Å². The first-order valence-electron chi connectivity index (χ1n) is 5.51. The molecule has 0 aromatic heterocycles. The quantitative estimate of drug-likeness (QED) is 0.404. The van der Waals surface area contributed by atoms with Crippen molar-refractivity contribution in [2.45, 2.75) is 6.61 Å². The third-order valence-corrected chi connectivity index (χ3v) is 2.25. The molecule has 0 saturated heterocycles. The molecule has 0 saturated carbocycles. The van der Waals surface area contributed by atoms with E-state index in [1.165, 1.54) is 0 Å². The lowest BCUT2D eigenvalue weighted by Gasteiger charge is -2.10.